The van der Waals surface area contributed by atoms with Crippen molar-refractivity contribution < 1.29 is 13.9 Å². The van der Waals surface area contributed by atoms with Crippen LogP contribution in [0, 0.1) is 6.92 Å². The first-order chi connectivity index (χ1) is 9.72. The van der Waals surface area contributed by atoms with Crippen LogP contribution in [0.15, 0.2) is 28.7 Å². The summed E-state index contributed by atoms with van der Waals surface area (Å²) in [7, 11) is 1.66. The van der Waals surface area contributed by atoms with Crippen LogP contribution in [0.2, 0.25) is 0 Å². The van der Waals surface area contributed by atoms with Gasteiger partial charge in [0.25, 0.3) is 5.91 Å². The first kappa shape index (κ1) is 14.6. The number of ether oxygens (including phenoxy) is 1. The van der Waals surface area contributed by atoms with Gasteiger partial charge in [0.2, 0.25) is 0 Å². The molecule has 5 nitrogen and oxygen atoms in total. The molecule has 0 aliphatic carbocycles. The highest BCUT2D eigenvalue weighted by atomic mass is 16.5. The van der Waals surface area contributed by atoms with Crippen LogP contribution < -0.4 is 10.6 Å². The van der Waals surface area contributed by atoms with Crippen molar-refractivity contribution in [1.29, 1.82) is 0 Å². The Labute approximate surface area is 118 Å². The fourth-order valence-electron chi connectivity index (χ4n) is 1.97. The first-order valence-electron chi connectivity index (χ1n) is 6.69. The molecule has 1 aromatic carbocycles. The van der Waals surface area contributed by atoms with E-state index in [-0.39, 0.29) is 5.91 Å². The monoisotopic (exact) mass is 276 g/mol. The lowest BCUT2D eigenvalue weighted by atomic mass is 10.2. The first-order valence-corrected chi connectivity index (χ1v) is 6.69. The van der Waals surface area contributed by atoms with Gasteiger partial charge in [0, 0.05) is 32.1 Å². The second-order valence-electron chi connectivity index (χ2n) is 4.60. The zero-order valence-electron chi connectivity index (χ0n) is 11.9. The van der Waals surface area contributed by atoms with Gasteiger partial charge >= 0.3 is 0 Å². The van der Waals surface area contributed by atoms with Crippen LogP contribution in [0.25, 0.3) is 11.0 Å². The number of amides is 1. The fraction of sp³-hybridized carbons (Fsp3) is 0.400. The average molecular weight is 276 g/mol. The van der Waals surface area contributed by atoms with Crippen molar-refractivity contribution in [1.82, 2.24) is 10.6 Å². The molecule has 20 heavy (non-hydrogen) atoms. The molecule has 0 atom stereocenters. The van der Waals surface area contributed by atoms with Crippen molar-refractivity contribution in [3.8, 4) is 0 Å². The van der Waals surface area contributed by atoms with Crippen molar-refractivity contribution >= 4 is 16.9 Å². The lowest BCUT2D eigenvalue weighted by Gasteiger charge is -2.04. The van der Waals surface area contributed by atoms with Crippen LogP contribution in [0.1, 0.15) is 16.1 Å². The molecular formula is C15H20N2O3. The average Bonchev–Trinajstić information content (AvgIpc) is 2.88. The summed E-state index contributed by atoms with van der Waals surface area (Å²) in [5.41, 5.74) is 1.80. The van der Waals surface area contributed by atoms with Gasteiger partial charge in [-0.1, -0.05) is 18.2 Å². The number of hydrogen-bond acceptors (Lipinski definition) is 4. The topological polar surface area (TPSA) is 63.5 Å². The van der Waals surface area contributed by atoms with Gasteiger partial charge in [-0.15, -0.1) is 0 Å². The molecule has 2 aromatic rings. The second-order valence-corrected chi connectivity index (χ2v) is 4.60. The Balaban J connectivity index is 1.86. The van der Waals surface area contributed by atoms with Gasteiger partial charge in [-0.05, 0) is 18.6 Å². The van der Waals surface area contributed by atoms with Crippen molar-refractivity contribution in [3.63, 3.8) is 0 Å². The number of carbonyl (C=O) groups is 1. The van der Waals surface area contributed by atoms with Crippen LogP contribution in [-0.2, 0) is 4.74 Å². The minimum Gasteiger partial charge on any atom is -0.451 e. The van der Waals surface area contributed by atoms with Crippen molar-refractivity contribution in [2.45, 2.75) is 6.92 Å². The number of fused-ring (bicyclic) bond motifs is 1. The van der Waals surface area contributed by atoms with Gasteiger partial charge in [-0.3, -0.25) is 4.79 Å². The number of carbonyl (C=O) groups excluding carboxylic acids is 1. The minimum absolute atomic E-state index is 0.186. The van der Waals surface area contributed by atoms with E-state index >= 15 is 0 Å². The zero-order valence-corrected chi connectivity index (χ0v) is 11.9. The molecule has 5 heteroatoms. The van der Waals surface area contributed by atoms with Crippen molar-refractivity contribution in [3.05, 3.63) is 35.6 Å². The summed E-state index contributed by atoms with van der Waals surface area (Å²) in [4.78, 5) is 12.0. The van der Waals surface area contributed by atoms with E-state index < -0.39 is 0 Å². The highest BCUT2D eigenvalue weighted by Gasteiger charge is 2.12. The van der Waals surface area contributed by atoms with Gasteiger partial charge < -0.3 is 19.8 Å². The molecule has 2 rings (SSSR count). The number of aryl methyl sites for hydroxylation is 1. The van der Waals surface area contributed by atoms with E-state index in [4.69, 9.17) is 9.15 Å². The number of para-hydroxylation sites is 1. The number of benzene rings is 1. The summed E-state index contributed by atoms with van der Waals surface area (Å²) in [5, 5.41) is 6.93. The molecule has 0 saturated carbocycles. The Morgan fingerprint density at radius 3 is 2.90 bits per heavy atom. The molecule has 108 valence electrons. The van der Waals surface area contributed by atoms with Crippen LogP contribution in [0.5, 0.6) is 0 Å². The lowest BCUT2D eigenvalue weighted by molar-refractivity contribution is 0.0928. The van der Waals surface area contributed by atoms with Gasteiger partial charge in [-0.25, -0.2) is 0 Å². The number of rotatable bonds is 7. The third kappa shape index (κ3) is 3.59. The summed E-state index contributed by atoms with van der Waals surface area (Å²) in [6, 6.07) is 7.63. The van der Waals surface area contributed by atoms with Crippen LogP contribution in [0.3, 0.4) is 0 Å². The predicted octanol–water partition coefficient (Wildman–Crippen LogP) is 1.71. The van der Waals surface area contributed by atoms with E-state index in [2.05, 4.69) is 10.6 Å². The molecule has 0 aliphatic rings. The van der Waals surface area contributed by atoms with E-state index in [1.807, 2.05) is 25.1 Å². The van der Waals surface area contributed by atoms with E-state index in [1.54, 1.807) is 13.2 Å². The molecule has 0 radical (unpaired) electrons. The molecule has 0 saturated heterocycles. The predicted molar refractivity (Wildman–Crippen MR) is 78.0 cm³/mol. The highest BCUT2D eigenvalue weighted by Crippen LogP contribution is 2.22. The summed E-state index contributed by atoms with van der Waals surface area (Å²) in [6.07, 6.45) is 0. The summed E-state index contributed by atoms with van der Waals surface area (Å²) >= 11 is 0. The fourth-order valence-corrected chi connectivity index (χ4v) is 1.97. The maximum atomic E-state index is 12.0. The van der Waals surface area contributed by atoms with E-state index in [0.717, 1.165) is 23.1 Å². The largest absolute Gasteiger partial charge is 0.451 e. The molecule has 1 heterocycles. The molecule has 1 aromatic heterocycles. The molecular weight excluding hydrogens is 256 g/mol. The Morgan fingerprint density at radius 2 is 2.15 bits per heavy atom. The third-order valence-electron chi connectivity index (χ3n) is 3.04. The highest BCUT2D eigenvalue weighted by molar-refractivity contribution is 5.96. The van der Waals surface area contributed by atoms with Crippen molar-refractivity contribution in [2.24, 2.45) is 0 Å². The van der Waals surface area contributed by atoms with E-state index in [0.29, 0.717) is 25.5 Å². The maximum absolute atomic E-state index is 12.0. The number of methoxy groups -OCH3 is 1. The smallest absolute Gasteiger partial charge is 0.287 e. The van der Waals surface area contributed by atoms with Gasteiger partial charge in [0.15, 0.2) is 5.76 Å². The lowest BCUT2D eigenvalue weighted by Crippen LogP contribution is -2.32. The van der Waals surface area contributed by atoms with Crippen molar-refractivity contribution in [2.75, 3.05) is 33.4 Å². The summed E-state index contributed by atoms with van der Waals surface area (Å²) in [6.45, 7) is 4.66. The normalized spacial score (nSPS) is 10.9. The Morgan fingerprint density at radius 1 is 1.30 bits per heavy atom. The standard InChI is InChI=1S/C15H20N2O3/c1-11-4-3-5-12-10-13(20-14(11)12)15(18)17-7-6-16-8-9-19-2/h3-5,10,16H,6-9H2,1-2H3,(H,17,18). The molecule has 0 aliphatic heterocycles. The molecule has 1 amide bonds. The second kappa shape index (κ2) is 7.07. The van der Waals surface area contributed by atoms with Gasteiger partial charge in [0.1, 0.15) is 5.58 Å². The van der Waals surface area contributed by atoms with Crippen LogP contribution in [-0.4, -0.2) is 39.3 Å². The van der Waals surface area contributed by atoms with Crippen LogP contribution in [0.4, 0.5) is 0 Å². The van der Waals surface area contributed by atoms with Gasteiger partial charge in [0.05, 0.1) is 6.61 Å². The number of hydrogen-bond donors (Lipinski definition) is 2. The third-order valence-corrected chi connectivity index (χ3v) is 3.04. The Kier molecular flexibility index (Phi) is 5.15. The van der Waals surface area contributed by atoms with E-state index in [1.165, 1.54) is 0 Å². The molecule has 0 bridgehead atoms. The molecule has 0 spiro atoms. The molecule has 2 N–H and O–H groups in total. The number of nitrogens with one attached hydrogen (secondary N) is 2. The van der Waals surface area contributed by atoms with E-state index in [9.17, 15) is 4.79 Å². The SMILES string of the molecule is COCCNCCNC(=O)c1cc2cccc(C)c2o1. The molecule has 0 unspecified atom stereocenters. The van der Waals surface area contributed by atoms with Gasteiger partial charge in [-0.2, -0.15) is 0 Å². The summed E-state index contributed by atoms with van der Waals surface area (Å²) < 4.78 is 10.5. The quantitative estimate of drug-likeness (QED) is 0.756. The zero-order chi connectivity index (χ0) is 14.4. The maximum Gasteiger partial charge on any atom is 0.287 e. The molecule has 0 fully saturated rings. The number of furan rings is 1. The Bertz CT molecular complexity index is 578. The Hall–Kier alpha value is -1.85. The summed E-state index contributed by atoms with van der Waals surface area (Å²) in [5.74, 6) is 0.167. The van der Waals surface area contributed by atoms with Crippen LogP contribution >= 0.6 is 0 Å². The minimum atomic E-state index is -0.186.